The van der Waals surface area contributed by atoms with Crippen LogP contribution in [0.5, 0.6) is 0 Å². The third kappa shape index (κ3) is 2.23. The molecule has 1 aliphatic carbocycles. The molecule has 0 N–H and O–H groups in total. The third-order valence-electron chi connectivity index (χ3n) is 3.41. The minimum Gasteiger partial charge on any atom is -0.392 e. The minimum atomic E-state index is 0.321. The second-order valence-electron chi connectivity index (χ2n) is 4.47. The van der Waals surface area contributed by atoms with Gasteiger partial charge in [-0.1, -0.05) is 37.3 Å². The zero-order valence-corrected chi connectivity index (χ0v) is 8.41. The minimum absolute atomic E-state index is 0.321. The van der Waals surface area contributed by atoms with Crippen molar-refractivity contribution in [1.29, 1.82) is 0 Å². The molecule has 1 fully saturated rings. The quantitative estimate of drug-likeness (QED) is 0.641. The van der Waals surface area contributed by atoms with Crippen LogP contribution in [-0.2, 0) is 4.84 Å². The van der Waals surface area contributed by atoms with Crippen LogP contribution >= 0.6 is 0 Å². The fourth-order valence-electron chi connectivity index (χ4n) is 2.47. The molecule has 0 aromatic carbocycles. The highest BCUT2D eigenvalue weighted by Crippen LogP contribution is 2.31. The van der Waals surface area contributed by atoms with Crippen LogP contribution in [0.25, 0.3) is 0 Å². The van der Waals surface area contributed by atoms with E-state index in [0.29, 0.717) is 12.0 Å². The van der Waals surface area contributed by atoms with E-state index in [-0.39, 0.29) is 0 Å². The van der Waals surface area contributed by atoms with Gasteiger partial charge < -0.3 is 4.84 Å². The molecule has 0 bridgehead atoms. The molecule has 0 spiro atoms. The molecule has 0 saturated heterocycles. The molecule has 2 rings (SSSR count). The summed E-state index contributed by atoms with van der Waals surface area (Å²) in [7, 11) is 0. The van der Waals surface area contributed by atoms with Crippen molar-refractivity contribution in [2.24, 2.45) is 17.0 Å². The van der Waals surface area contributed by atoms with Crippen LogP contribution in [0.1, 0.15) is 45.4 Å². The van der Waals surface area contributed by atoms with Gasteiger partial charge in [0.15, 0.2) is 0 Å². The van der Waals surface area contributed by atoms with E-state index in [1.165, 1.54) is 38.5 Å². The molecule has 74 valence electrons. The molecule has 1 heterocycles. The van der Waals surface area contributed by atoms with Gasteiger partial charge in [0.05, 0.1) is 6.21 Å². The molecule has 2 nitrogen and oxygen atoms in total. The van der Waals surface area contributed by atoms with E-state index in [4.69, 9.17) is 4.84 Å². The van der Waals surface area contributed by atoms with E-state index >= 15 is 0 Å². The molecule has 13 heavy (non-hydrogen) atoms. The zero-order valence-electron chi connectivity index (χ0n) is 8.41. The largest absolute Gasteiger partial charge is 0.392 e. The molecule has 0 aromatic heterocycles. The molecule has 1 saturated carbocycles. The maximum absolute atomic E-state index is 5.18. The monoisotopic (exact) mass is 181 g/mol. The van der Waals surface area contributed by atoms with Gasteiger partial charge >= 0.3 is 0 Å². The lowest BCUT2D eigenvalue weighted by atomic mass is 9.82. The third-order valence-corrected chi connectivity index (χ3v) is 3.41. The van der Waals surface area contributed by atoms with Crippen molar-refractivity contribution in [3.63, 3.8) is 0 Å². The van der Waals surface area contributed by atoms with Crippen LogP contribution in [0.2, 0.25) is 0 Å². The first-order chi connectivity index (χ1) is 6.36. The Bertz CT molecular complexity index is 185. The van der Waals surface area contributed by atoms with Crippen LogP contribution in [0.15, 0.2) is 5.16 Å². The Labute approximate surface area is 80.3 Å². The SMILES string of the molecule is CC1ON=CC1CC1CCCCC1. The van der Waals surface area contributed by atoms with E-state index < -0.39 is 0 Å². The second kappa shape index (κ2) is 4.12. The highest BCUT2D eigenvalue weighted by molar-refractivity contribution is 5.62. The lowest BCUT2D eigenvalue weighted by molar-refractivity contribution is 0.0681. The summed E-state index contributed by atoms with van der Waals surface area (Å²) in [5.41, 5.74) is 0. The van der Waals surface area contributed by atoms with Crippen molar-refractivity contribution in [3.8, 4) is 0 Å². The van der Waals surface area contributed by atoms with Crippen LogP contribution in [0, 0.1) is 11.8 Å². The predicted octanol–water partition coefficient (Wildman–Crippen LogP) is 2.98. The molecule has 1 aliphatic heterocycles. The van der Waals surface area contributed by atoms with Gasteiger partial charge in [-0.05, 0) is 19.3 Å². The van der Waals surface area contributed by atoms with Crippen molar-refractivity contribution >= 4 is 6.21 Å². The number of rotatable bonds is 2. The summed E-state index contributed by atoms with van der Waals surface area (Å²) in [6, 6.07) is 0. The number of hydrogen-bond acceptors (Lipinski definition) is 2. The summed E-state index contributed by atoms with van der Waals surface area (Å²) in [6.07, 6.45) is 10.8. The molecular weight excluding hydrogens is 162 g/mol. The van der Waals surface area contributed by atoms with Crippen LogP contribution in [0.4, 0.5) is 0 Å². The van der Waals surface area contributed by atoms with Crippen LogP contribution in [0.3, 0.4) is 0 Å². The fourth-order valence-corrected chi connectivity index (χ4v) is 2.47. The lowest BCUT2D eigenvalue weighted by Crippen LogP contribution is -2.19. The molecule has 2 atom stereocenters. The highest BCUT2D eigenvalue weighted by Gasteiger charge is 2.26. The first-order valence-electron chi connectivity index (χ1n) is 5.55. The summed E-state index contributed by atoms with van der Waals surface area (Å²) in [4.78, 5) is 5.18. The maximum Gasteiger partial charge on any atom is 0.132 e. The van der Waals surface area contributed by atoms with Gasteiger partial charge in [0.1, 0.15) is 6.10 Å². The van der Waals surface area contributed by atoms with E-state index in [9.17, 15) is 0 Å². The number of nitrogens with zero attached hydrogens (tertiary/aromatic N) is 1. The standard InChI is InChI=1S/C11H19NO/c1-9-11(8-12-13-9)7-10-5-3-2-4-6-10/h8-11H,2-7H2,1H3. The summed E-state index contributed by atoms with van der Waals surface area (Å²) in [6.45, 7) is 2.13. The Morgan fingerprint density at radius 1 is 1.31 bits per heavy atom. The summed E-state index contributed by atoms with van der Waals surface area (Å²) in [5.74, 6) is 1.53. The van der Waals surface area contributed by atoms with Crippen molar-refractivity contribution in [1.82, 2.24) is 0 Å². The Hall–Kier alpha value is -0.530. The summed E-state index contributed by atoms with van der Waals surface area (Å²) in [5, 5.41) is 3.89. The first-order valence-corrected chi connectivity index (χ1v) is 5.55. The average Bonchev–Trinajstić information content (AvgIpc) is 2.54. The molecule has 2 aliphatic rings. The molecule has 0 aromatic rings. The van der Waals surface area contributed by atoms with Gasteiger partial charge in [-0.25, -0.2) is 0 Å². The lowest BCUT2D eigenvalue weighted by Gasteiger charge is -2.24. The van der Waals surface area contributed by atoms with E-state index in [2.05, 4.69) is 12.1 Å². The summed E-state index contributed by atoms with van der Waals surface area (Å²) >= 11 is 0. The second-order valence-corrected chi connectivity index (χ2v) is 4.47. The topological polar surface area (TPSA) is 21.6 Å². The number of oxime groups is 1. The smallest absolute Gasteiger partial charge is 0.132 e. The fraction of sp³-hybridized carbons (Fsp3) is 0.909. The van der Waals surface area contributed by atoms with E-state index in [0.717, 1.165) is 5.92 Å². The molecule has 0 amide bonds. The van der Waals surface area contributed by atoms with Gasteiger partial charge in [-0.3, -0.25) is 0 Å². The van der Waals surface area contributed by atoms with Crippen molar-refractivity contribution in [2.75, 3.05) is 0 Å². The summed E-state index contributed by atoms with van der Waals surface area (Å²) < 4.78 is 0. The van der Waals surface area contributed by atoms with Crippen molar-refractivity contribution in [2.45, 2.75) is 51.6 Å². The number of hydrogen-bond donors (Lipinski definition) is 0. The Morgan fingerprint density at radius 3 is 2.69 bits per heavy atom. The van der Waals surface area contributed by atoms with Crippen LogP contribution < -0.4 is 0 Å². The normalized spacial score (nSPS) is 34.8. The van der Waals surface area contributed by atoms with Gasteiger partial charge in [-0.15, -0.1) is 0 Å². The Balaban J connectivity index is 1.79. The van der Waals surface area contributed by atoms with Gasteiger partial charge in [0, 0.05) is 5.92 Å². The van der Waals surface area contributed by atoms with Gasteiger partial charge in [0.25, 0.3) is 0 Å². The highest BCUT2D eigenvalue weighted by atomic mass is 16.6. The molecule has 2 heteroatoms. The zero-order chi connectivity index (χ0) is 9.10. The molecular formula is C11H19NO. The van der Waals surface area contributed by atoms with Crippen LogP contribution in [-0.4, -0.2) is 12.3 Å². The van der Waals surface area contributed by atoms with Crippen molar-refractivity contribution < 1.29 is 4.84 Å². The predicted molar refractivity (Wildman–Crippen MR) is 53.7 cm³/mol. The van der Waals surface area contributed by atoms with E-state index in [1.54, 1.807) is 0 Å². The van der Waals surface area contributed by atoms with Crippen molar-refractivity contribution in [3.05, 3.63) is 0 Å². The molecule has 2 unspecified atom stereocenters. The first kappa shape index (κ1) is 9.04. The Morgan fingerprint density at radius 2 is 2.08 bits per heavy atom. The van der Waals surface area contributed by atoms with E-state index in [1.807, 2.05) is 6.21 Å². The maximum atomic E-state index is 5.18. The Kier molecular flexibility index (Phi) is 2.87. The average molecular weight is 181 g/mol. The molecule has 0 radical (unpaired) electrons. The van der Waals surface area contributed by atoms with Gasteiger partial charge in [-0.2, -0.15) is 0 Å². The van der Waals surface area contributed by atoms with Gasteiger partial charge in [0.2, 0.25) is 0 Å².